The molecule has 23 heavy (non-hydrogen) atoms. The second kappa shape index (κ2) is 8.21. The first-order valence-corrected chi connectivity index (χ1v) is 10.3. The van der Waals surface area contributed by atoms with Gasteiger partial charge in [-0.2, -0.15) is 0 Å². The summed E-state index contributed by atoms with van der Waals surface area (Å²) in [5.74, 6) is 6.21. The highest BCUT2D eigenvalue weighted by Crippen LogP contribution is 2.44. The molecule has 0 heteroatoms. The van der Waals surface area contributed by atoms with E-state index in [0.29, 0.717) is 11.8 Å². The van der Waals surface area contributed by atoms with Gasteiger partial charge in [-0.25, -0.2) is 0 Å². The van der Waals surface area contributed by atoms with Crippen LogP contribution in [0.2, 0.25) is 0 Å². The van der Waals surface area contributed by atoms with Crippen molar-refractivity contribution in [2.45, 2.75) is 80.1 Å². The zero-order valence-corrected chi connectivity index (χ0v) is 16.5. The molecule has 0 aromatic rings. The minimum absolute atomic E-state index is 0.629. The Hall–Kier alpha value is -0.260. The standard InChI is InChI=1S/C23H40/c1-15(2)21-10-8-17(5)12-20(21)14-19(7)23-13-18(6)9-11-22(23)16(3)4/h7,14-18,20-23H,8-13H2,1-6H3. The molecule has 132 valence electrons. The molecule has 0 saturated heterocycles. The van der Waals surface area contributed by atoms with E-state index in [4.69, 9.17) is 6.92 Å². The molecule has 0 amide bonds. The van der Waals surface area contributed by atoms with Crippen LogP contribution in [0, 0.1) is 54.3 Å². The molecule has 0 aromatic carbocycles. The first-order valence-electron chi connectivity index (χ1n) is 10.3. The Balaban J connectivity index is 2.17. The second-order valence-electron chi connectivity index (χ2n) is 9.59. The molecule has 0 heterocycles. The predicted molar refractivity (Wildman–Crippen MR) is 102 cm³/mol. The highest BCUT2D eigenvalue weighted by molar-refractivity contribution is 5.16. The second-order valence-corrected chi connectivity index (χ2v) is 9.59. The number of hydrogen-bond donors (Lipinski definition) is 0. The highest BCUT2D eigenvalue weighted by atomic mass is 14.4. The van der Waals surface area contributed by atoms with Gasteiger partial charge in [-0.05, 0) is 80.0 Å². The largest absolute Gasteiger partial charge is 0.0813 e. The zero-order chi connectivity index (χ0) is 17.1. The fourth-order valence-corrected chi connectivity index (χ4v) is 5.42. The van der Waals surface area contributed by atoms with Crippen LogP contribution in [0.3, 0.4) is 0 Å². The van der Waals surface area contributed by atoms with Crippen LogP contribution < -0.4 is 0 Å². The van der Waals surface area contributed by atoms with E-state index in [9.17, 15) is 0 Å². The number of rotatable bonds is 4. The van der Waals surface area contributed by atoms with E-state index < -0.39 is 0 Å². The van der Waals surface area contributed by atoms with Gasteiger partial charge in [0, 0.05) is 0 Å². The smallest absolute Gasteiger partial charge is 0.00568 e. The van der Waals surface area contributed by atoms with E-state index >= 15 is 0 Å². The summed E-state index contributed by atoms with van der Waals surface area (Å²) in [6.07, 6.45) is 10.7. The third-order valence-electron chi connectivity index (χ3n) is 6.93. The Morgan fingerprint density at radius 2 is 1.35 bits per heavy atom. The fourth-order valence-electron chi connectivity index (χ4n) is 5.42. The van der Waals surface area contributed by atoms with Crippen LogP contribution in [-0.4, -0.2) is 0 Å². The van der Waals surface area contributed by atoms with Crippen LogP contribution in [0.5, 0.6) is 0 Å². The molecular weight excluding hydrogens is 276 g/mol. The molecule has 2 saturated carbocycles. The molecule has 0 nitrogen and oxygen atoms in total. The summed E-state index contributed by atoms with van der Waals surface area (Å²) < 4.78 is 0. The van der Waals surface area contributed by atoms with E-state index in [0.717, 1.165) is 35.5 Å². The van der Waals surface area contributed by atoms with Gasteiger partial charge in [0.05, 0.1) is 0 Å². The predicted octanol–water partition coefficient (Wildman–Crippen LogP) is 7.04. The number of hydrogen-bond acceptors (Lipinski definition) is 0. The summed E-state index contributed by atoms with van der Waals surface area (Å²) >= 11 is 0. The average molecular weight is 317 g/mol. The van der Waals surface area contributed by atoms with Gasteiger partial charge < -0.3 is 0 Å². The molecular formula is C23H40. The lowest BCUT2D eigenvalue weighted by atomic mass is 9.65. The average Bonchev–Trinajstić information content (AvgIpc) is 2.46. The van der Waals surface area contributed by atoms with Crippen molar-refractivity contribution in [3.8, 4) is 0 Å². The molecule has 2 rings (SSSR count). The minimum atomic E-state index is 0.629. The zero-order valence-electron chi connectivity index (χ0n) is 16.5. The SMILES string of the molecule is [CH]C(=CC1CC(C)CCC1C(C)C)C1CC(C)CCC1C(C)C. The molecule has 2 radical (unpaired) electrons. The molecule has 0 bridgehead atoms. The normalized spacial score (nSPS) is 40.0. The van der Waals surface area contributed by atoms with E-state index in [1.165, 1.54) is 44.1 Å². The minimum Gasteiger partial charge on any atom is -0.0813 e. The van der Waals surface area contributed by atoms with Crippen molar-refractivity contribution >= 4 is 0 Å². The van der Waals surface area contributed by atoms with Crippen molar-refractivity contribution < 1.29 is 0 Å². The quantitative estimate of drug-likeness (QED) is 0.521. The van der Waals surface area contributed by atoms with Crippen molar-refractivity contribution in [3.05, 3.63) is 18.6 Å². The van der Waals surface area contributed by atoms with Crippen molar-refractivity contribution in [1.82, 2.24) is 0 Å². The van der Waals surface area contributed by atoms with Gasteiger partial charge in [-0.1, -0.05) is 66.0 Å². The maximum absolute atomic E-state index is 6.74. The van der Waals surface area contributed by atoms with Crippen LogP contribution in [0.4, 0.5) is 0 Å². The third kappa shape index (κ3) is 4.86. The molecule has 0 N–H and O–H groups in total. The van der Waals surface area contributed by atoms with E-state index in [1.807, 2.05) is 0 Å². The third-order valence-corrected chi connectivity index (χ3v) is 6.93. The summed E-state index contributed by atoms with van der Waals surface area (Å²) in [6.45, 7) is 21.2. The van der Waals surface area contributed by atoms with Gasteiger partial charge >= 0.3 is 0 Å². The Bertz CT molecular complexity index is 389. The molecule has 2 aliphatic carbocycles. The molecule has 6 atom stereocenters. The summed E-state index contributed by atoms with van der Waals surface area (Å²) in [5, 5.41) is 0. The van der Waals surface area contributed by atoms with Crippen LogP contribution in [0.25, 0.3) is 0 Å². The van der Waals surface area contributed by atoms with E-state index in [1.54, 1.807) is 0 Å². The van der Waals surface area contributed by atoms with Gasteiger partial charge in [0.15, 0.2) is 0 Å². The molecule has 2 aliphatic rings. The molecule has 0 aromatic heterocycles. The molecule has 0 aliphatic heterocycles. The molecule has 0 spiro atoms. The van der Waals surface area contributed by atoms with Crippen molar-refractivity contribution in [3.63, 3.8) is 0 Å². The van der Waals surface area contributed by atoms with Gasteiger partial charge in [-0.15, -0.1) is 0 Å². The van der Waals surface area contributed by atoms with Crippen molar-refractivity contribution in [2.75, 3.05) is 0 Å². The summed E-state index contributed by atoms with van der Waals surface area (Å²) in [4.78, 5) is 0. The monoisotopic (exact) mass is 316 g/mol. The van der Waals surface area contributed by atoms with Gasteiger partial charge in [0.2, 0.25) is 0 Å². The Morgan fingerprint density at radius 3 is 1.91 bits per heavy atom. The van der Waals surface area contributed by atoms with Gasteiger partial charge in [0.25, 0.3) is 0 Å². The number of allylic oxidation sites excluding steroid dienone is 2. The van der Waals surface area contributed by atoms with E-state index in [-0.39, 0.29) is 0 Å². The lowest BCUT2D eigenvalue weighted by Crippen LogP contribution is -2.30. The van der Waals surface area contributed by atoms with Gasteiger partial charge in [0.1, 0.15) is 0 Å². The molecule has 6 unspecified atom stereocenters. The maximum atomic E-state index is 6.74. The fraction of sp³-hybridized carbons (Fsp3) is 0.870. The Labute approximate surface area is 146 Å². The highest BCUT2D eigenvalue weighted by Gasteiger charge is 2.34. The molecule has 2 fully saturated rings. The first kappa shape index (κ1) is 19.1. The first-order chi connectivity index (χ1) is 10.8. The van der Waals surface area contributed by atoms with Crippen LogP contribution in [0.15, 0.2) is 11.6 Å². The lowest BCUT2D eigenvalue weighted by molar-refractivity contribution is 0.162. The van der Waals surface area contributed by atoms with Crippen molar-refractivity contribution in [1.29, 1.82) is 0 Å². The van der Waals surface area contributed by atoms with Crippen LogP contribution in [0.1, 0.15) is 80.1 Å². The summed E-state index contributed by atoms with van der Waals surface area (Å²) in [5.41, 5.74) is 1.24. The Morgan fingerprint density at radius 1 is 0.826 bits per heavy atom. The van der Waals surface area contributed by atoms with Gasteiger partial charge in [-0.3, -0.25) is 0 Å². The lowest BCUT2D eigenvalue weighted by Gasteiger charge is -2.40. The van der Waals surface area contributed by atoms with Crippen LogP contribution >= 0.6 is 0 Å². The van der Waals surface area contributed by atoms with Crippen LogP contribution in [-0.2, 0) is 0 Å². The van der Waals surface area contributed by atoms with E-state index in [2.05, 4.69) is 47.6 Å². The van der Waals surface area contributed by atoms with Crippen molar-refractivity contribution in [2.24, 2.45) is 47.3 Å². The Kier molecular flexibility index (Phi) is 6.81. The summed E-state index contributed by atoms with van der Waals surface area (Å²) in [6, 6.07) is 0. The topological polar surface area (TPSA) is 0 Å². The maximum Gasteiger partial charge on any atom is -0.00568 e. The summed E-state index contributed by atoms with van der Waals surface area (Å²) in [7, 11) is 0.